The molecule has 1 unspecified atom stereocenters. The van der Waals surface area contributed by atoms with Crippen molar-refractivity contribution in [2.24, 2.45) is 0 Å². The highest BCUT2D eigenvalue weighted by atomic mass is 35.5. The van der Waals surface area contributed by atoms with Crippen LogP contribution in [0.1, 0.15) is 18.1 Å². The largest absolute Gasteiger partial charge is 0.378 e. The molecule has 26 heavy (non-hydrogen) atoms. The van der Waals surface area contributed by atoms with E-state index in [2.05, 4.69) is 5.32 Å². The van der Waals surface area contributed by atoms with Gasteiger partial charge >= 0.3 is 0 Å². The number of anilines is 2. The lowest BCUT2D eigenvalue weighted by atomic mass is 10.0. The molecule has 0 aliphatic carbocycles. The summed E-state index contributed by atoms with van der Waals surface area (Å²) in [6.45, 7) is 2.10. The van der Waals surface area contributed by atoms with Crippen LogP contribution in [0.15, 0.2) is 36.4 Å². The third-order valence-corrected chi connectivity index (χ3v) is 4.68. The summed E-state index contributed by atoms with van der Waals surface area (Å²) >= 11 is 5.96. The molecule has 0 saturated heterocycles. The van der Waals surface area contributed by atoms with Gasteiger partial charge in [-0.3, -0.25) is 4.79 Å². The number of nitriles is 1. The standard InChI is InChI=1S/C19H17ClFN3O2/c1-19(26,11-24-7-6-12-8-14(21)3-5-17(12)24)18(25)23-15-4-2-13(10-22)16(20)9-15/h2-5,8-9,26H,6-7,11H2,1H3,(H,23,25). The van der Waals surface area contributed by atoms with Crippen LogP contribution < -0.4 is 10.2 Å². The van der Waals surface area contributed by atoms with Gasteiger partial charge in [-0.2, -0.15) is 5.26 Å². The third-order valence-electron chi connectivity index (χ3n) is 4.37. The molecule has 0 spiro atoms. The highest BCUT2D eigenvalue weighted by molar-refractivity contribution is 6.32. The number of nitrogens with one attached hydrogen (secondary N) is 1. The Labute approximate surface area is 155 Å². The van der Waals surface area contributed by atoms with Crippen molar-refractivity contribution in [1.82, 2.24) is 0 Å². The van der Waals surface area contributed by atoms with Gasteiger partial charge in [-0.15, -0.1) is 0 Å². The number of nitrogens with zero attached hydrogens (tertiary/aromatic N) is 2. The van der Waals surface area contributed by atoms with E-state index in [1.54, 1.807) is 12.1 Å². The average molecular weight is 374 g/mol. The topological polar surface area (TPSA) is 76.4 Å². The van der Waals surface area contributed by atoms with Crippen molar-refractivity contribution in [2.45, 2.75) is 18.9 Å². The quantitative estimate of drug-likeness (QED) is 0.863. The lowest BCUT2D eigenvalue weighted by Gasteiger charge is -2.29. The Bertz CT molecular complexity index is 908. The Hall–Kier alpha value is -2.62. The van der Waals surface area contributed by atoms with Crippen LogP contribution in [0.2, 0.25) is 5.02 Å². The molecule has 3 rings (SSSR count). The number of aliphatic hydroxyl groups is 1. The lowest BCUT2D eigenvalue weighted by molar-refractivity contribution is -0.131. The Morgan fingerprint density at radius 3 is 2.88 bits per heavy atom. The second kappa shape index (κ2) is 6.94. The van der Waals surface area contributed by atoms with Crippen molar-refractivity contribution in [2.75, 3.05) is 23.3 Å². The Kier molecular flexibility index (Phi) is 4.86. The van der Waals surface area contributed by atoms with Crippen LogP contribution in [0.3, 0.4) is 0 Å². The molecule has 1 aliphatic rings. The molecule has 0 saturated carbocycles. The molecule has 1 aliphatic heterocycles. The lowest BCUT2D eigenvalue weighted by Crippen LogP contribution is -2.49. The minimum absolute atomic E-state index is 0.0709. The minimum Gasteiger partial charge on any atom is -0.378 e. The number of halogens is 2. The SMILES string of the molecule is CC(O)(CN1CCc2cc(F)ccc21)C(=O)Nc1ccc(C#N)c(Cl)c1. The van der Waals surface area contributed by atoms with Gasteiger partial charge in [-0.25, -0.2) is 4.39 Å². The van der Waals surface area contributed by atoms with Crippen LogP contribution in [0.25, 0.3) is 0 Å². The fourth-order valence-corrected chi connectivity index (χ4v) is 3.22. The van der Waals surface area contributed by atoms with E-state index >= 15 is 0 Å². The molecule has 134 valence electrons. The zero-order valence-electron chi connectivity index (χ0n) is 14.1. The van der Waals surface area contributed by atoms with Gasteiger partial charge in [-0.05, 0) is 55.3 Å². The van der Waals surface area contributed by atoms with E-state index in [9.17, 15) is 14.3 Å². The molecule has 5 nitrogen and oxygen atoms in total. The van der Waals surface area contributed by atoms with Gasteiger partial charge in [0.25, 0.3) is 5.91 Å². The average Bonchev–Trinajstić information content (AvgIpc) is 2.96. The Balaban J connectivity index is 1.72. The fourth-order valence-electron chi connectivity index (χ4n) is 3.00. The zero-order chi connectivity index (χ0) is 18.9. The van der Waals surface area contributed by atoms with E-state index < -0.39 is 11.5 Å². The van der Waals surface area contributed by atoms with Gasteiger partial charge in [0.05, 0.1) is 17.1 Å². The summed E-state index contributed by atoms with van der Waals surface area (Å²) in [5, 5.41) is 22.4. The van der Waals surface area contributed by atoms with Crippen LogP contribution in [0.4, 0.5) is 15.8 Å². The Morgan fingerprint density at radius 1 is 1.42 bits per heavy atom. The first kappa shape index (κ1) is 18.2. The van der Waals surface area contributed by atoms with Crippen LogP contribution >= 0.6 is 11.6 Å². The van der Waals surface area contributed by atoms with Crippen molar-refractivity contribution < 1.29 is 14.3 Å². The van der Waals surface area contributed by atoms with Gasteiger partial charge in [0, 0.05) is 17.9 Å². The number of fused-ring (bicyclic) bond motifs is 1. The maximum Gasteiger partial charge on any atom is 0.257 e. The number of rotatable bonds is 4. The van der Waals surface area contributed by atoms with Crippen molar-refractivity contribution in [3.8, 4) is 6.07 Å². The number of hydrogen-bond donors (Lipinski definition) is 2. The highest BCUT2D eigenvalue weighted by Gasteiger charge is 2.35. The van der Waals surface area contributed by atoms with Gasteiger partial charge in [0.2, 0.25) is 0 Å². The number of β-amino-alcohol motifs (C(OH)–C–C–N with tert-alkyl or cyclic N) is 1. The number of benzene rings is 2. The summed E-state index contributed by atoms with van der Waals surface area (Å²) < 4.78 is 13.3. The number of amides is 1. The van der Waals surface area contributed by atoms with Crippen LogP contribution in [0.5, 0.6) is 0 Å². The fraction of sp³-hybridized carbons (Fsp3) is 0.263. The monoisotopic (exact) mass is 373 g/mol. The van der Waals surface area contributed by atoms with Gasteiger partial charge in [-0.1, -0.05) is 11.6 Å². The smallest absolute Gasteiger partial charge is 0.257 e. The Morgan fingerprint density at radius 2 is 2.19 bits per heavy atom. The maximum absolute atomic E-state index is 13.3. The zero-order valence-corrected chi connectivity index (χ0v) is 14.8. The molecule has 0 radical (unpaired) electrons. The predicted octanol–water partition coefficient (Wildman–Crippen LogP) is 3.10. The minimum atomic E-state index is -1.67. The van der Waals surface area contributed by atoms with E-state index in [1.165, 1.54) is 31.2 Å². The summed E-state index contributed by atoms with van der Waals surface area (Å²) in [6, 6.07) is 10.9. The molecule has 7 heteroatoms. The molecular formula is C19H17ClFN3O2. The molecule has 0 fully saturated rings. The van der Waals surface area contributed by atoms with E-state index in [0.29, 0.717) is 24.2 Å². The van der Waals surface area contributed by atoms with E-state index in [4.69, 9.17) is 16.9 Å². The molecule has 1 amide bonds. The van der Waals surface area contributed by atoms with Crippen molar-refractivity contribution in [3.05, 3.63) is 58.4 Å². The summed E-state index contributed by atoms with van der Waals surface area (Å²) in [7, 11) is 0. The van der Waals surface area contributed by atoms with Crippen LogP contribution in [-0.2, 0) is 11.2 Å². The summed E-state index contributed by atoms with van der Waals surface area (Å²) in [4.78, 5) is 14.4. The second-order valence-corrected chi connectivity index (χ2v) is 6.89. The molecule has 2 N–H and O–H groups in total. The van der Waals surface area contributed by atoms with Crippen LogP contribution in [-0.4, -0.2) is 29.7 Å². The first-order valence-electron chi connectivity index (χ1n) is 8.07. The molecule has 1 heterocycles. The van der Waals surface area contributed by atoms with Crippen LogP contribution in [0, 0.1) is 17.1 Å². The maximum atomic E-state index is 13.3. The van der Waals surface area contributed by atoms with Crippen molar-refractivity contribution in [1.29, 1.82) is 5.26 Å². The van der Waals surface area contributed by atoms with Gasteiger partial charge < -0.3 is 15.3 Å². The summed E-state index contributed by atoms with van der Waals surface area (Å²) in [6.07, 6.45) is 0.663. The van der Waals surface area contributed by atoms with Crippen molar-refractivity contribution >= 4 is 28.9 Å². The highest BCUT2D eigenvalue weighted by Crippen LogP contribution is 2.30. The number of carbonyl (C=O) groups is 1. The normalized spacial score (nSPS) is 15.1. The second-order valence-electron chi connectivity index (χ2n) is 6.48. The molecule has 2 aromatic rings. The van der Waals surface area contributed by atoms with E-state index in [0.717, 1.165) is 11.3 Å². The summed E-state index contributed by atoms with van der Waals surface area (Å²) in [5.74, 6) is -0.887. The van der Waals surface area contributed by atoms with E-state index in [1.807, 2.05) is 11.0 Å². The number of carbonyl (C=O) groups excluding carboxylic acids is 1. The first-order chi connectivity index (χ1) is 12.3. The molecule has 0 bridgehead atoms. The van der Waals surface area contributed by atoms with Gasteiger partial charge in [0.1, 0.15) is 11.9 Å². The summed E-state index contributed by atoms with van der Waals surface area (Å²) in [5.41, 5.74) is 0.706. The van der Waals surface area contributed by atoms with Crippen molar-refractivity contribution in [3.63, 3.8) is 0 Å². The predicted molar refractivity (Wildman–Crippen MR) is 97.7 cm³/mol. The molecule has 2 aromatic carbocycles. The first-order valence-corrected chi connectivity index (χ1v) is 8.45. The number of hydrogen-bond acceptors (Lipinski definition) is 4. The molecule has 1 atom stereocenters. The van der Waals surface area contributed by atoms with Gasteiger partial charge in [0.15, 0.2) is 5.60 Å². The third kappa shape index (κ3) is 3.64. The molecule has 0 aromatic heterocycles. The van der Waals surface area contributed by atoms with E-state index in [-0.39, 0.29) is 17.4 Å². The molecular weight excluding hydrogens is 357 g/mol.